The van der Waals surface area contributed by atoms with Crippen molar-refractivity contribution in [2.24, 2.45) is 0 Å². The number of carboxylic acid groups (broad SMARTS) is 1. The molecule has 0 aromatic carbocycles. The van der Waals surface area contributed by atoms with Crippen LogP contribution in [-0.4, -0.2) is 54.2 Å². The molecule has 2 heterocycles. The van der Waals surface area contributed by atoms with Crippen LogP contribution in [0.25, 0.3) is 0 Å². The third-order valence-corrected chi connectivity index (χ3v) is 2.70. The number of hydrogen-bond donors (Lipinski definition) is 1. The topological polar surface area (TPSA) is 69.8 Å². The van der Waals surface area contributed by atoms with E-state index in [4.69, 9.17) is 9.52 Å². The third-order valence-electron chi connectivity index (χ3n) is 2.70. The van der Waals surface area contributed by atoms with Crippen LogP contribution in [0.15, 0.2) is 10.7 Å². The first kappa shape index (κ1) is 10.9. The van der Waals surface area contributed by atoms with Crippen molar-refractivity contribution < 1.29 is 14.3 Å². The zero-order valence-electron chi connectivity index (χ0n) is 9.22. The van der Waals surface area contributed by atoms with Crippen molar-refractivity contribution in [2.75, 3.05) is 38.1 Å². The molecule has 16 heavy (non-hydrogen) atoms. The molecule has 6 nitrogen and oxygen atoms in total. The maximum atomic E-state index is 10.7. The van der Waals surface area contributed by atoms with Crippen LogP contribution in [0.4, 0.5) is 6.01 Å². The van der Waals surface area contributed by atoms with E-state index in [-0.39, 0.29) is 5.69 Å². The molecule has 0 saturated carbocycles. The summed E-state index contributed by atoms with van der Waals surface area (Å²) < 4.78 is 5.17. The fourth-order valence-corrected chi connectivity index (χ4v) is 1.75. The lowest BCUT2D eigenvalue weighted by atomic mass is 10.4. The number of aromatic nitrogens is 1. The Morgan fingerprint density at radius 1 is 1.44 bits per heavy atom. The lowest BCUT2D eigenvalue weighted by Crippen LogP contribution is -2.29. The van der Waals surface area contributed by atoms with Crippen LogP contribution in [0, 0.1) is 0 Å². The van der Waals surface area contributed by atoms with E-state index in [1.807, 2.05) is 4.90 Å². The third kappa shape index (κ3) is 2.33. The molecule has 2 rings (SSSR count). The Hall–Kier alpha value is -1.56. The second-order valence-corrected chi connectivity index (χ2v) is 3.96. The molecule has 0 bridgehead atoms. The van der Waals surface area contributed by atoms with Gasteiger partial charge in [0.2, 0.25) is 0 Å². The van der Waals surface area contributed by atoms with Gasteiger partial charge in [0, 0.05) is 19.6 Å². The number of oxazole rings is 1. The van der Waals surface area contributed by atoms with Crippen molar-refractivity contribution in [1.29, 1.82) is 0 Å². The van der Waals surface area contributed by atoms with Gasteiger partial charge in [0.1, 0.15) is 6.26 Å². The van der Waals surface area contributed by atoms with Crippen LogP contribution in [0.1, 0.15) is 16.9 Å². The smallest absolute Gasteiger partial charge is 0.357 e. The molecule has 0 atom stereocenters. The minimum atomic E-state index is -1.05. The molecule has 1 aliphatic rings. The van der Waals surface area contributed by atoms with Crippen molar-refractivity contribution in [3.05, 3.63) is 12.0 Å². The maximum Gasteiger partial charge on any atom is 0.357 e. The summed E-state index contributed by atoms with van der Waals surface area (Å²) in [6.07, 6.45) is 2.22. The van der Waals surface area contributed by atoms with E-state index < -0.39 is 5.97 Å². The second kappa shape index (κ2) is 4.52. The fraction of sp³-hybridized carbons (Fsp3) is 0.600. The molecule has 0 radical (unpaired) electrons. The maximum absolute atomic E-state index is 10.7. The van der Waals surface area contributed by atoms with E-state index in [0.717, 1.165) is 32.6 Å². The second-order valence-electron chi connectivity index (χ2n) is 3.96. The van der Waals surface area contributed by atoms with Gasteiger partial charge >= 0.3 is 5.97 Å². The number of carboxylic acids is 1. The molecule has 0 unspecified atom stereocenters. The normalized spacial score (nSPS) is 18.4. The molecule has 1 aliphatic heterocycles. The zero-order chi connectivity index (χ0) is 11.5. The molecule has 1 N–H and O–H groups in total. The van der Waals surface area contributed by atoms with Crippen LogP contribution < -0.4 is 4.90 Å². The Balaban J connectivity index is 2.07. The highest BCUT2D eigenvalue weighted by molar-refractivity contribution is 5.85. The molecule has 6 heteroatoms. The van der Waals surface area contributed by atoms with Crippen molar-refractivity contribution in [2.45, 2.75) is 6.42 Å². The summed E-state index contributed by atoms with van der Waals surface area (Å²) in [5, 5.41) is 8.74. The molecule has 1 fully saturated rings. The number of anilines is 1. The quantitative estimate of drug-likeness (QED) is 0.791. The van der Waals surface area contributed by atoms with Crippen molar-refractivity contribution in [3.8, 4) is 0 Å². The Morgan fingerprint density at radius 2 is 2.25 bits per heavy atom. The van der Waals surface area contributed by atoms with E-state index >= 15 is 0 Å². The first-order valence-corrected chi connectivity index (χ1v) is 5.29. The van der Waals surface area contributed by atoms with Gasteiger partial charge in [-0.2, -0.15) is 4.98 Å². The van der Waals surface area contributed by atoms with Gasteiger partial charge in [-0.15, -0.1) is 0 Å². The van der Waals surface area contributed by atoms with Gasteiger partial charge in [-0.25, -0.2) is 4.79 Å². The van der Waals surface area contributed by atoms with Crippen LogP contribution >= 0.6 is 0 Å². The van der Waals surface area contributed by atoms with Gasteiger partial charge in [-0.05, 0) is 20.0 Å². The molecular formula is C10H15N3O3. The summed E-state index contributed by atoms with van der Waals surface area (Å²) in [5.41, 5.74) is -0.0346. The number of aromatic carboxylic acids is 1. The number of carbonyl (C=O) groups is 1. The molecule has 1 saturated heterocycles. The lowest BCUT2D eigenvalue weighted by Gasteiger charge is -2.17. The monoisotopic (exact) mass is 225 g/mol. The van der Waals surface area contributed by atoms with Crippen LogP contribution in [0.2, 0.25) is 0 Å². The summed E-state index contributed by atoms with van der Waals surface area (Å²) in [5.74, 6) is -1.05. The van der Waals surface area contributed by atoms with E-state index in [9.17, 15) is 4.79 Å². The molecule has 0 amide bonds. The van der Waals surface area contributed by atoms with E-state index in [1.165, 1.54) is 6.26 Å². The largest absolute Gasteiger partial charge is 0.476 e. The highest BCUT2D eigenvalue weighted by Gasteiger charge is 2.18. The van der Waals surface area contributed by atoms with Crippen molar-refractivity contribution >= 4 is 12.0 Å². The summed E-state index contributed by atoms with van der Waals surface area (Å²) >= 11 is 0. The average molecular weight is 225 g/mol. The number of likely N-dealkylation sites (N-methyl/N-ethyl adjacent to an activating group) is 1. The summed E-state index contributed by atoms with van der Waals surface area (Å²) in [6.45, 7) is 3.65. The van der Waals surface area contributed by atoms with E-state index in [2.05, 4.69) is 16.9 Å². The van der Waals surface area contributed by atoms with Gasteiger partial charge < -0.3 is 19.3 Å². The van der Waals surface area contributed by atoms with Gasteiger partial charge in [0.25, 0.3) is 6.01 Å². The van der Waals surface area contributed by atoms with Crippen LogP contribution in [0.3, 0.4) is 0 Å². The average Bonchev–Trinajstić information content (AvgIpc) is 2.63. The first-order chi connectivity index (χ1) is 7.66. The Kier molecular flexibility index (Phi) is 3.09. The van der Waals surface area contributed by atoms with Gasteiger partial charge in [0.15, 0.2) is 5.69 Å². The minimum Gasteiger partial charge on any atom is -0.476 e. The fourth-order valence-electron chi connectivity index (χ4n) is 1.75. The SMILES string of the molecule is CN1CCCN(c2nc(C(=O)O)co2)CC1. The highest BCUT2D eigenvalue weighted by atomic mass is 16.4. The van der Waals surface area contributed by atoms with E-state index in [1.54, 1.807) is 0 Å². The minimum absolute atomic E-state index is 0.0346. The van der Waals surface area contributed by atoms with E-state index in [0.29, 0.717) is 6.01 Å². The zero-order valence-corrected chi connectivity index (χ0v) is 9.22. The van der Waals surface area contributed by atoms with Gasteiger partial charge in [-0.1, -0.05) is 0 Å². The molecule has 0 aliphatic carbocycles. The van der Waals surface area contributed by atoms with Gasteiger partial charge in [0.05, 0.1) is 0 Å². The Bertz CT molecular complexity index is 377. The Morgan fingerprint density at radius 3 is 2.94 bits per heavy atom. The molecule has 1 aromatic rings. The van der Waals surface area contributed by atoms with Crippen LogP contribution in [-0.2, 0) is 0 Å². The predicted molar refractivity (Wildman–Crippen MR) is 57.8 cm³/mol. The molecule has 88 valence electrons. The number of hydrogen-bond acceptors (Lipinski definition) is 5. The molecular weight excluding hydrogens is 210 g/mol. The van der Waals surface area contributed by atoms with Gasteiger partial charge in [-0.3, -0.25) is 0 Å². The summed E-state index contributed by atoms with van der Waals surface area (Å²) in [7, 11) is 2.07. The number of rotatable bonds is 2. The number of nitrogens with zero attached hydrogens (tertiary/aromatic N) is 3. The van der Waals surface area contributed by atoms with Crippen LogP contribution in [0.5, 0.6) is 0 Å². The molecule has 0 spiro atoms. The standard InChI is InChI=1S/C10H15N3O3/c1-12-3-2-4-13(6-5-12)10-11-8(7-16-10)9(14)15/h7H,2-6H2,1H3,(H,14,15). The summed E-state index contributed by atoms with van der Waals surface area (Å²) in [4.78, 5) is 18.8. The lowest BCUT2D eigenvalue weighted by molar-refractivity contribution is 0.0690. The van der Waals surface area contributed by atoms with Crippen molar-refractivity contribution in [1.82, 2.24) is 9.88 Å². The first-order valence-electron chi connectivity index (χ1n) is 5.29. The highest BCUT2D eigenvalue weighted by Crippen LogP contribution is 2.15. The molecule has 1 aromatic heterocycles. The predicted octanol–water partition coefficient (Wildman–Crippen LogP) is 0.515. The van der Waals surface area contributed by atoms with Crippen molar-refractivity contribution in [3.63, 3.8) is 0 Å². The Labute approximate surface area is 93.5 Å². The summed E-state index contributed by atoms with van der Waals surface area (Å²) in [6, 6.07) is 0.410.